The van der Waals surface area contributed by atoms with Gasteiger partial charge in [-0.1, -0.05) is 36.4 Å². The van der Waals surface area contributed by atoms with Crippen LogP contribution in [0.3, 0.4) is 0 Å². The number of carbonyl (C=O) groups excluding carboxylic acids is 2. The van der Waals surface area contributed by atoms with Crippen molar-refractivity contribution in [1.29, 1.82) is 0 Å². The largest absolute Gasteiger partial charge is 0.493 e. The lowest BCUT2D eigenvalue weighted by molar-refractivity contribution is -0.146. The molecule has 152 valence electrons. The second-order valence-corrected chi connectivity index (χ2v) is 6.59. The monoisotopic (exact) mass is 396 g/mol. The average molecular weight is 396 g/mol. The highest BCUT2D eigenvalue weighted by Crippen LogP contribution is 2.35. The molecule has 0 saturated heterocycles. The molecule has 1 aliphatic heterocycles. The lowest BCUT2D eigenvalue weighted by Crippen LogP contribution is -2.44. The van der Waals surface area contributed by atoms with Crippen LogP contribution in [0, 0.1) is 5.92 Å². The summed E-state index contributed by atoms with van der Waals surface area (Å²) in [6, 6.07) is 14.0. The summed E-state index contributed by atoms with van der Waals surface area (Å²) in [5.41, 5.74) is 2.13. The third-order valence-corrected chi connectivity index (χ3v) is 4.66. The normalized spacial score (nSPS) is 18.4. The van der Waals surface area contributed by atoms with Crippen LogP contribution in [0.2, 0.25) is 0 Å². The Labute approximate surface area is 169 Å². The molecule has 1 heterocycles. The van der Waals surface area contributed by atoms with Gasteiger partial charge in [0.05, 0.1) is 19.8 Å². The zero-order valence-electron chi connectivity index (χ0n) is 16.7. The highest BCUT2D eigenvalue weighted by molar-refractivity contribution is 6.08. The van der Waals surface area contributed by atoms with Gasteiger partial charge >= 0.3 is 12.0 Å². The molecular formula is C22H24N2O5. The van der Waals surface area contributed by atoms with E-state index in [2.05, 4.69) is 10.3 Å². The van der Waals surface area contributed by atoms with E-state index >= 15 is 0 Å². The van der Waals surface area contributed by atoms with Gasteiger partial charge in [0, 0.05) is 5.71 Å². The Morgan fingerprint density at radius 2 is 1.90 bits per heavy atom. The second kappa shape index (κ2) is 9.23. The van der Waals surface area contributed by atoms with Crippen LogP contribution in [0.25, 0.3) is 0 Å². The molecule has 2 atom stereocenters. The summed E-state index contributed by atoms with van der Waals surface area (Å²) in [6.45, 7) is 4.00. The molecule has 29 heavy (non-hydrogen) atoms. The average Bonchev–Trinajstić information content (AvgIpc) is 2.72. The Bertz CT molecular complexity index is 911. The maximum atomic E-state index is 12.5. The van der Waals surface area contributed by atoms with Crippen molar-refractivity contribution in [2.45, 2.75) is 26.5 Å². The lowest BCUT2D eigenvalue weighted by atomic mass is 9.88. The molecule has 2 amide bonds. The first-order chi connectivity index (χ1) is 14.0. The summed E-state index contributed by atoms with van der Waals surface area (Å²) in [6.07, 6.45) is 0. The number of hydrogen-bond acceptors (Lipinski definition) is 5. The van der Waals surface area contributed by atoms with Crippen molar-refractivity contribution in [2.24, 2.45) is 10.9 Å². The van der Waals surface area contributed by atoms with Gasteiger partial charge in [0.1, 0.15) is 12.5 Å². The third-order valence-electron chi connectivity index (χ3n) is 4.66. The van der Waals surface area contributed by atoms with Crippen molar-refractivity contribution in [3.05, 3.63) is 59.7 Å². The molecule has 0 fully saturated rings. The van der Waals surface area contributed by atoms with Gasteiger partial charge in [-0.25, -0.2) is 9.79 Å². The number of benzene rings is 2. The van der Waals surface area contributed by atoms with Gasteiger partial charge in [-0.3, -0.25) is 4.79 Å². The first-order valence-corrected chi connectivity index (χ1v) is 9.40. The number of rotatable bonds is 7. The summed E-state index contributed by atoms with van der Waals surface area (Å²) >= 11 is 0. The standard InChI is InChI=1S/C22H24N2O5/c1-4-28-21(25)19-14(2)23-22(26)24-20(19)16-10-11-17(27-3)18(12-16)29-13-15-8-6-5-7-9-15/h5-12,19-20H,4,13H2,1-3H3,(H,24,26). The predicted octanol–water partition coefficient (Wildman–Crippen LogP) is 3.68. The number of amides is 2. The van der Waals surface area contributed by atoms with Gasteiger partial charge < -0.3 is 19.5 Å². The molecular weight excluding hydrogens is 372 g/mol. The Morgan fingerprint density at radius 1 is 1.14 bits per heavy atom. The fourth-order valence-electron chi connectivity index (χ4n) is 3.27. The van der Waals surface area contributed by atoms with E-state index < -0.39 is 24.0 Å². The van der Waals surface area contributed by atoms with Crippen LogP contribution in [-0.4, -0.2) is 31.4 Å². The lowest BCUT2D eigenvalue weighted by Gasteiger charge is -2.30. The second-order valence-electron chi connectivity index (χ2n) is 6.59. The molecule has 0 aliphatic carbocycles. The summed E-state index contributed by atoms with van der Waals surface area (Å²) in [4.78, 5) is 28.4. The van der Waals surface area contributed by atoms with Gasteiger partial charge in [-0.15, -0.1) is 0 Å². The number of urea groups is 1. The molecule has 2 aromatic rings. The highest BCUT2D eigenvalue weighted by atomic mass is 16.5. The van der Waals surface area contributed by atoms with Gasteiger partial charge in [-0.2, -0.15) is 0 Å². The number of ether oxygens (including phenoxy) is 3. The Hall–Kier alpha value is -3.35. The molecule has 0 aromatic heterocycles. The predicted molar refractivity (Wildman–Crippen MR) is 108 cm³/mol. The van der Waals surface area contributed by atoms with Crippen LogP contribution < -0.4 is 14.8 Å². The van der Waals surface area contributed by atoms with Gasteiger partial charge in [-0.05, 0) is 37.1 Å². The van der Waals surface area contributed by atoms with Crippen LogP contribution in [0.1, 0.15) is 31.0 Å². The van der Waals surface area contributed by atoms with E-state index in [4.69, 9.17) is 14.2 Å². The first kappa shape index (κ1) is 20.4. The number of nitrogens with one attached hydrogen (secondary N) is 1. The number of methoxy groups -OCH3 is 1. The van der Waals surface area contributed by atoms with E-state index in [0.717, 1.165) is 5.56 Å². The van der Waals surface area contributed by atoms with Gasteiger partial charge in [0.15, 0.2) is 11.5 Å². The minimum atomic E-state index is -0.706. The van der Waals surface area contributed by atoms with E-state index in [-0.39, 0.29) is 6.61 Å². The fourth-order valence-corrected chi connectivity index (χ4v) is 3.27. The van der Waals surface area contributed by atoms with Crippen LogP contribution in [0.5, 0.6) is 11.5 Å². The van der Waals surface area contributed by atoms with Crippen molar-refractivity contribution < 1.29 is 23.8 Å². The van der Waals surface area contributed by atoms with Crippen LogP contribution >= 0.6 is 0 Å². The van der Waals surface area contributed by atoms with Crippen LogP contribution in [-0.2, 0) is 16.1 Å². The van der Waals surface area contributed by atoms with Crippen molar-refractivity contribution in [3.8, 4) is 11.5 Å². The molecule has 3 rings (SSSR count). The SMILES string of the molecule is CCOC(=O)C1C(C)=NC(=O)NC1c1ccc(OC)c(OCc2ccccc2)c1. The molecule has 1 aliphatic rings. The summed E-state index contributed by atoms with van der Waals surface area (Å²) in [7, 11) is 1.56. The van der Waals surface area contributed by atoms with Gasteiger partial charge in [0.2, 0.25) is 0 Å². The van der Waals surface area contributed by atoms with E-state index in [1.165, 1.54) is 0 Å². The zero-order valence-corrected chi connectivity index (χ0v) is 16.7. The Morgan fingerprint density at radius 3 is 2.59 bits per heavy atom. The molecule has 0 bridgehead atoms. The molecule has 2 aromatic carbocycles. The van der Waals surface area contributed by atoms with E-state index in [0.29, 0.717) is 29.4 Å². The first-order valence-electron chi connectivity index (χ1n) is 9.40. The minimum absolute atomic E-state index is 0.247. The Kier molecular flexibility index (Phi) is 6.49. The van der Waals surface area contributed by atoms with Gasteiger partial charge in [0.25, 0.3) is 0 Å². The van der Waals surface area contributed by atoms with Crippen molar-refractivity contribution in [3.63, 3.8) is 0 Å². The zero-order chi connectivity index (χ0) is 20.8. The quantitative estimate of drug-likeness (QED) is 0.722. The maximum absolute atomic E-state index is 12.5. The molecule has 1 N–H and O–H groups in total. The maximum Gasteiger partial charge on any atom is 0.341 e. The van der Waals surface area contributed by atoms with Crippen LogP contribution in [0.15, 0.2) is 53.5 Å². The van der Waals surface area contributed by atoms with E-state index in [1.807, 2.05) is 30.3 Å². The molecule has 0 saturated carbocycles. The molecule has 2 unspecified atom stereocenters. The molecule has 0 spiro atoms. The fraction of sp³-hybridized carbons (Fsp3) is 0.318. The molecule has 0 radical (unpaired) electrons. The number of aliphatic imine (C=N–C) groups is 1. The molecule has 7 nitrogen and oxygen atoms in total. The van der Waals surface area contributed by atoms with E-state index in [1.54, 1.807) is 39.2 Å². The third kappa shape index (κ3) is 4.74. The summed E-state index contributed by atoms with van der Waals surface area (Å²) in [5, 5.41) is 2.77. The topological polar surface area (TPSA) is 86.2 Å². The number of carbonyl (C=O) groups is 2. The number of esters is 1. The minimum Gasteiger partial charge on any atom is -0.493 e. The van der Waals surface area contributed by atoms with E-state index in [9.17, 15) is 9.59 Å². The highest BCUT2D eigenvalue weighted by Gasteiger charge is 2.38. The number of hydrogen-bond donors (Lipinski definition) is 1. The smallest absolute Gasteiger partial charge is 0.341 e. The Balaban J connectivity index is 1.91. The van der Waals surface area contributed by atoms with Crippen molar-refractivity contribution >= 4 is 17.7 Å². The molecule has 7 heteroatoms. The summed E-state index contributed by atoms with van der Waals surface area (Å²) in [5.74, 6) is -0.0555. The van der Waals surface area contributed by atoms with Crippen molar-refractivity contribution in [2.75, 3.05) is 13.7 Å². The number of nitrogens with zero attached hydrogens (tertiary/aromatic N) is 1. The summed E-state index contributed by atoms with van der Waals surface area (Å²) < 4.78 is 16.6. The van der Waals surface area contributed by atoms with Crippen molar-refractivity contribution in [1.82, 2.24) is 5.32 Å². The van der Waals surface area contributed by atoms with Crippen LogP contribution in [0.4, 0.5) is 4.79 Å².